The van der Waals surface area contributed by atoms with Crippen molar-refractivity contribution in [2.75, 3.05) is 5.32 Å². The molecule has 5 nitrogen and oxygen atoms in total. The van der Waals surface area contributed by atoms with Crippen LogP contribution in [0.25, 0.3) is 6.08 Å². The molecule has 0 aliphatic rings. The van der Waals surface area contributed by atoms with E-state index in [4.69, 9.17) is 9.52 Å². The molecular weight excluding hydrogens is 246 g/mol. The molecule has 0 saturated carbocycles. The number of rotatable bonds is 4. The third-order valence-electron chi connectivity index (χ3n) is 2.37. The lowest BCUT2D eigenvalue weighted by Crippen LogP contribution is -2.10. The van der Waals surface area contributed by atoms with Crippen LogP contribution in [-0.4, -0.2) is 17.0 Å². The third-order valence-corrected chi connectivity index (χ3v) is 2.37. The number of furan rings is 1. The van der Waals surface area contributed by atoms with Gasteiger partial charge in [0.25, 0.3) is 5.91 Å². The van der Waals surface area contributed by atoms with Gasteiger partial charge in [-0.3, -0.25) is 4.79 Å². The minimum atomic E-state index is -1.00. The van der Waals surface area contributed by atoms with Crippen LogP contribution < -0.4 is 5.32 Å². The van der Waals surface area contributed by atoms with Crippen LogP contribution in [0.4, 0.5) is 5.69 Å². The minimum absolute atomic E-state index is 0.262. The van der Waals surface area contributed by atoms with Crippen LogP contribution in [0.5, 0.6) is 0 Å². The quantitative estimate of drug-likeness (QED) is 0.825. The number of carboxylic acid groups (broad SMARTS) is 1. The summed E-state index contributed by atoms with van der Waals surface area (Å²) in [6.07, 6.45) is 5.32. The van der Waals surface area contributed by atoms with Crippen molar-refractivity contribution in [3.05, 3.63) is 60.1 Å². The lowest BCUT2D eigenvalue weighted by Gasteiger charge is -2.03. The number of hydrogen-bond donors (Lipinski definition) is 2. The molecule has 19 heavy (non-hydrogen) atoms. The van der Waals surface area contributed by atoms with Gasteiger partial charge < -0.3 is 14.8 Å². The van der Waals surface area contributed by atoms with Gasteiger partial charge in [0.15, 0.2) is 0 Å². The molecule has 1 amide bonds. The van der Waals surface area contributed by atoms with E-state index >= 15 is 0 Å². The van der Waals surface area contributed by atoms with Gasteiger partial charge in [-0.15, -0.1) is 0 Å². The number of carbonyl (C=O) groups is 2. The monoisotopic (exact) mass is 257 g/mol. The normalized spacial score (nSPS) is 10.5. The van der Waals surface area contributed by atoms with Gasteiger partial charge in [0, 0.05) is 11.8 Å². The van der Waals surface area contributed by atoms with Crippen LogP contribution in [0, 0.1) is 0 Å². The van der Waals surface area contributed by atoms with Crippen molar-refractivity contribution in [2.24, 2.45) is 0 Å². The average molecular weight is 257 g/mol. The first-order valence-electron chi connectivity index (χ1n) is 5.50. The van der Waals surface area contributed by atoms with Gasteiger partial charge in [-0.2, -0.15) is 0 Å². The molecule has 0 unspecified atom stereocenters. The largest absolute Gasteiger partial charge is 0.478 e. The van der Waals surface area contributed by atoms with Gasteiger partial charge in [0.2, 0.25) is 0 Å². The van der Waals surface area contributed by atoms with Crippen molar-refractivity contribution in [3.63, 3.8) is 0 Å². The molecule has 1 heterocycles. The summed E-state index contributed by atoms with van der Waals surface area (Å²) < 4.78 is 4.82. The highest BCUT2D eigenvalue weighted by Gasteiger charge is 2.06. The van der Waals surface area contributed by atoms with Crippen molar-refractivity contribution in [2.45, 2.75) is 0 Å². The zero-order valence-electron chi connectivity index (χ0n) is 9.87. The van der Waals surface area contributed by atoms with Gasteiger partial charge in [0.1, 0.15) is 6.26 Å². The highest BCUT2D eigenvalue weighted by Crippen LogP contribution is 2.12. The molecule has 2 rings (SSSR count). The summed E-state index contributed by atoms with van der Waals surface area (Å²) in [5.74, 6) is -1.26. The Hall–Kier alpha value is -2.82. The van der Waals surface area contributed by atoms with Crippen molar-refractivity contribution in [1.29, 1.82) is 0 Å². The van der Waals surface area contributed by atoms with Crippen LogP contribution in [0.3, 0.4) is 0 Å². The second kappa shape index (κ2) is 5.68. The Morgan fingerprint density at radius 3 is 2.47 bits per heavy atom. The zero-order valence-corrected chi connectivity index (χ0v) is 9.87. The van der Waals surface area contributed by atoms with Crippen molar-refractivity contribution < 1.29 is 19.1 Å². The van der Waals surface area contributed by atoms with E-state index < -0.39 is 5.97 Å². The number of hydrogen-bond acceptors (Lipinski definition) is 3. The van der Waals surface area contributed by atoms with Crippen molar-refractivity contribution in [1.82, 2.24) is 0 Å². The number of carbonyl (C=O) groups excluding carboxylic acids is 1. The van der Waals surface area contributed by atoms with Gasteiger partial charge in [-0.1, -0.05) is 12.1 Å². The molecule has 0 aliphatic heterocycles. The molecule has 96 valence electrons. The fourth-order valence-electron chi connectivity index (χ4n) is 1.44. The Labute approximate surface area is 109 Å². The highest BCUT2D eigenvalue weighted by atomic mass is 16.4. The Kier molecular flexibility index (Phi) is 3.78. The number of anilines is 1. The molecule has 0 saturated heterocycles. The Bertz CT molecular complexity index is 597. The van der Waals surface area contributed by atoms with Crippen molar-refractivity contribution in [3.8, 4) is 0 Å². The highest BCUT2D eigenvalue weighted by molar-refractivity contribution is 6.04. The molecule has 5 heteroatoms. The summed E-state index contributed by atoms with van der Waals surface area (Å²) in [5, 5.41) is 11.2. The van der Waals surface area contributed by atoms with E-state index in [0.29, 0.717) is 11.3 Å². The summed E-state index contributed by atoms with van der Waals surface area (Å²) in [6.45, 7) is 0. The van der Waals surface area contributed by atoms with Gasteiger partial charge in [0.05, 0.1) is 11.8 Å². The summed E-state index contributed by atoms with van der Waals surface area (Å²) in [6, 6.07) is 8.38. The topological polar surface area (TPSA) is 79.5 Å². The van der Waals surface area contributed by atoms with E-state index in [1.165, 1.54) is 18.6 Å². The fraction of sp³-hybridized carbons (Fsp3) is 0. The van der Waals surface area contributed by atoms with Crippen LogP contribution >= 0.6 is 0 Å². The van der Waals surface area contributed by atoms with Crippen LogP contribution in [0.15, 0.2) is 53.4 Å². The lowest BCUT2D eigenvalue weighted by molar-refractivity contribution is -0.131. The number of aliphatic carboxylic acids is 1. The average Bonchev–Trinajstić information content (AvgIpc) is 2.92. The maximum atomic E-state index is 11.7. The van der Waals surface area contributed by atoms with Crippen LogP contribution in [-0.2, 0) is 4.79 Å². The van der Waals surface area contributed by atoms with E-state index in [1.807, 2.05) is 0 Å². The number of amides is 1. The van der Waals surface area contributed by atoms with Gasteiger partial charge in [-0.05, 0) is 29.8 Å². The molecule has 0 bridgehead atoms. The molecule has 1 aromatic heterocycles. The predicted octanol–water partition coefficient (Wildman–Crippen LogP) is 2.63. The van der Waals surface area contributed by atoms with Gasteiger partial charge >= 0.3 is 5.97 Å². The molecule has 1 aromatic carbocycles. The molecule has 2 N–H and O–H groups in total. The molecule has 0 spiro atoms. The van der Waals surface area contributed by atoms with Crippen molar-refractivity contribution >= 4 is 23.6 Å². The van der Waals surface area contributed by atoms with E-state index in [9.17, 15) is 9.59 Å². The molecule has 0 atom stereocenters. The summed E-state index contributed by atoms with van der Waals surface area (Å²) in [5.41, 5.74) is 1.80. The summed E-state index contributed by atoms with van der Waals surface area (Å²) >= 11 is 0. The van der Waals surface area contributed by atoms with E-state index in [1.54, 1.807) is 30.3 Å². The van der Waals surface area contributed by atoms with Crippen LogP contribution in [0.1, 0.15) is 15.9 Å². The van der Waals surface area contributed by atoms with E-state index in [2.05, 4.69) is 5.32 Å². The first-order valence-corrected chi connectivity index (χ1v) is 5.50. The first-order chi connectivity index (χ1) is 9.15. The first kappa shape index (κ1) is 12.6. The number of benzene rings is 1. The van der Waals surface area contributed by atoms with E-state index in [-0.39, 0.29) is 5.91 Å². The second-order valence-electron chi connectivity index (χ2n) is 3.76. The molecule has 0 radical (unpaired) electrons. The molecular formula is C14H11NO4. The SMILES string of the molecule is O=C(O)/C=C/c1ccc(NC(=O)c2ccoc2)cc1. The Morgan fingerprint density at radius 2 is 1.89 bits per heavy atom. The predicted molar refractivity (Wildman–Crippen MR) is 69.8 cm³/mol. The number of carboxylic acids is 1. The van der Waals surface area contributed by atoms with Gasteiger partial charge in [-0.25, -0.2) is 4.79 Å². The standard InChI is InChI=1S/C14H11NO4/c16-13(17)6-3-10-1-4-12(5-2-10)15-14(18)11-7-8-19-9-11/h1-9H,(H,15,18)(H,16,17)/b6-3+. The number of nitrogens with one attached hydrogen (secondary N) is 1. The Morgan fingerprint density at radius 1 is 1.16 bits per heavy atom. The summed E-state index contributed by atoms with van der Waals surface area (Å²) in [4.78, 5) is 22.1. The third kappa shape index (κ3) is 3.57. The summed E-state index contributed by atoms with van der Waals surface area (Å²) in [7, 11) is 0. The van der Waals surface area contributed by atoms with Crippen LogP contribution in [0.2, 0.25) is 0 Å². The Balaban J connectivity index is 2.03. The molecule has 0 aliphatic carbocycles. The molecule has 0 fully saturated rings. The fourth-order valence-corrected chi connectivity index (χ4v) is 1.44. The van der Waals surface area contributed by atoms with E-state index in [0.717, 1.165) is 11.6 Å². The second-order valence-corrected chi connectivity index (χ2v) is 3.76. The smallest absolute Gasteiger partial charge is 0.328 e. The molecule has 2 aromatic rings. The maximum Gasteiger partial charge on any atom is 0.328 e. The lowest BCUT2D eigenvalue weighted by atomic mass is 10.2. The minimum Gasteiger partial charge on any atom is -0.478 e. The maximum absolute atomic E-state index is 11.7. The zero-order chi connectivity index (χ0) is 13.7.